The van der Waals surface area contributed by atoms with Crippen molar-refractivity contribution in [1.82, 2.24) is 4.57 Å². The van der Waals surface area contributed by atoms with Gasteiger partial charge in [-0.3, -0.25) is 0 Å². The van der Waals surface area contributed by atoms with E-state index in [0.29, 0.717) is 5.02 Å². The average Bonchev–Trinajstić information content (AvgIpc) is 2.62. The van der Waals surface area contributed by atoms with Crippen LogP contribution in [-0.2, 0) is 11.3 Å². The molecule has 0 aliphatic carbocycles. The molecular weight excluding hydrogens is 242 g/mol. The third-order valence-corrected chi connectivity index (χ3v) is 3.03. The van der Waals surface area contributed by atoms with Gasteiger partial charge < -0.3 is 14.8 Å². The van der Waals surface area contributed by atoms with Crippen molar-refractivity contribution in [3.63, 3.8) is 0 Å². The van der Waals surface area contributed by atoms with Crippen LogP contribution < -0.4 is 0 Å². The second-order valence-electron chi connectivity index (χ2n) is 4.20. The van der Waals surface area contributed by atoms with Crippen molar-refractivity contribution in [2.24, 2.45) is 0 Å². The molecule has 0 bridgehead atoms. The number of nitrogens with zero attached hydrogens (tertiary/aromatic N) is 1. The van der Waals surface area contributed by atoms with Crippen LogP contribution in [0.3, 0.4) is 0 Å². The van der Waals surface area contributed by atoms with E-state index in [1.165, 1.54) is 6.92 Å². The van der Waals surface area contributed by atoms with Crippen LogP contribution >= 0.6 is 11.6 Å². The molecular formula is C12H12ClNO3. The van der Waals surface area contributed by atoms with Crippen LogP contribution in [0.15, 0.2) is 30.5 Å². The van der Waals surface area contributed by atoms with Gasteiger partial charge in [0, 0.05) is 22.1 Å². The maximum Gasteiger partial charge on any atom is 0.337 e. The number of carboxylic acids is 1. The van der Waals surface area contributed by atoms with E-state index in [0.717, 1.165) is 10.9 Å². The number of benzene rings is 1. The Labute approximate surface area is 103 Å². The van der Waals surface area contributed by atoms with E-state index < -0.39 is 11.6 Å². The molecule has 0 spiro atoms. The minimum atomic E-state index is -1.80. The number of aliphatic hydroxyl groups is 1. The minimum Gasteiger partial charge on any atom is -0.479 e. The molecule has 0 fully saturated rings. The highest BCUT2D eigenvalue weighted by molar-refractivity contribution is 6.35. The summed E-state index contributed by atoms with van der Waals surface area (Å²) in [5.74, 6) is -1.25. The highest BCUT2D eigenvalue weighted by atomic mass is 35.5. The van der Waals surface area contributed by atoms with E-state index in [4.69, 9.17) is 16.7 Å². The number of fused-ring (bicyclic) bond motifs is 1. The van der Waals surface area contributed by atoms with Crippen LogP contribution in [-0.4, -0.2) is 26.4 Å². The zero-order valence-electron chi connectivity index (χ0n) is 9.22. The van der Waals surface area contributed by atoms with Gasteiger partial charge in [-0.25, -0.2) is 4.79 Å². The number of rotatable bonds is 3. The maximum absolute atomic E-state index is 10.9. The second kappa shape index (κ2) is 4.05. The first-order chi connectivity index (χ1) is 7.92. The Kier molecular flexibility index (Phi) is 2.85. The van der Waals surface area contributed by atoms with Gasteiger partial charge in [-0.05, 0) is 25.1 Å². The van der Waals surface area contributed by atoms with Crippen LogP contribution in [0.2, 0.25) is 5.02 Å². The first kappa shape index (κ1) is 12.0. The van der Waals surface area contributed by atoms with Crippen molar-refractivity contribution in [3.8, 4) is 0 Å². The van der Waals surface area contributed by atoms with Crippen molar-refractivity contribution < 1.29 is 15.0 Å². The van der Waals surface area contributed by atoms with Crippen LogP contribution in [0.5, 0.6) is 0 Å². The molecule has 2 rings (SSSR count). The van der Waals surface area contributed by atoms with Gasteiger partial charge in [-0.1, -0.05) is 17.7 Å². The van der Waals surface area contributed by atoms with Crippen LogP contribution in [0.4, 0.5) is 0 Å². The van der Waals surface area contributed by atoms with Gasteiger partial charge in [0.1, 0.15) is 0 Å². The Morgan fingerprint density at radius 1 is 1.47 bits per heavy atom. The number of carbonyl (C=O) groups is 1. The lowest BCUT2D eigenvalue weighted by atomic mass is 10.1. The number of hydrogen-bond acceptors (Lipinski definition) is 2. The first-order valence-electron chi connectivity index (χ1n) is 5.11. The zero-order chi connectivity index (χ0) is 12.6. The van der Waals surface area contributed by atoms with Gasteiger partial charge in [0.2, 0.25) is 0 Å². The lowest BCUT2D eigenvalue weighted by Gasteiger charge is -2.19. The van der Waals surface area contributed by atoms with Gasteiger partial charge in [-0.15, -0.1) is 0 Å². The Morgan fingerprint density at radius 3 is 2.82 bits per heavy atom. The number of carboxylic acid groups (broad SMARTS) is 1. The first-order valence-corrected chi connectivity index (χ1v) is 5.49. The molecule has 0 radical (unpaired) electrons. The normalized spacial score (nSPS) is 14.8. The molecule has 1 aromatic heterocycles. The third kappa shape index (κ3) is 2.14. The molecule has 1 unspecified atom stereocenters. The number of aliphatic carboxylic acids is 1. The molecule has 17 heavy (non-hydrogen) atoms. The molecule has 1 heterocycles. The van der Waals surface area contributed by atoms with E-state index in [2.05, 4.69) is 0 Å². The van der Waals surface area contributed by atoms with E-state index in [-0.39, 0.29) is 6.54 Å². The lowest BCUT2D eigenvalue weighted by Crippen LogP contribution is -2.39. The van der Waals surface area contributed by atoms with Crippen LogP contribution in [0.25, 0.3) is 10.9 Å². The molecule has 0 aliphatic heterocycles. The van der Waals surface area contributed by atoms with Gasteiger partial charge >= 0.3 is 5.97 Å². The topological polar surface area (TPSA) is 62.5 Å². The average molecular weight is 254 g/mol. The Morgan fingerprint density at radius 2 is 2.18 bits per heavy atom. The van der Waals surface area contributed by atoms with Crippen molar-refractivity contribution in [2.45, 2.75) is 19.1 Å². The zero-order valence-corrected chi connectivity index (χ0v) is 9.98. The molecule has 1 aromatic carbocycles. The summed E-state index contributed by atoms with van der Waals surface area (Å²) in [5, 5.41) is 20.1. The monoisotopic (exact) mass is 253 g/mol. The molecule has 0 aliphatic rings. The van der Waals surface area contributed by atoms with Gasteiger partial charge in [0.25, 0.3) is 0 Å². The predicted octanol–water partition coefficient (Wildman–Crippen LogP) is 2.13. The number of hydrogen-bond donors (Lipinski definition) is 2. The summed E-state index contributed by atoms with van der Waals surface area (Å²) in [6, 6.07) is 7.19. The van der Waals surface area contributed by atoms with E-state index in [1.807, 2.05) is 6.07 Å². The van der Waals surface area contributed by atoms with Crippen molar-refractivity contribution >= 4 is 28.5 Å². The highest BCUT2D eigenvalue weighted by Gasteiger charge is 2.30. The molecule has 2 N–H and O–H groups in total. The van der Waals surface area contributed by atoms with Crippen molar-refractivity contribution in [2.75, 3.05) is 0 Å². The summed E-state index contributed by atoms with van der Waals surface area (Å²) >= 11 is 6.01. The Bertz CT molecular complexity index is 574. The SMILES string of the molecule is CC(O)(Cn1ccc2c(Cl)cccc21)C(=O)O. The fourth-order valence-electron chi connectivity index (χ4n) is 1.72. The molecule has 2 aromatic rings. The lowest BCUT2D eigenvalue weighted by molar-refractivity contribution is -0.157. The Balaban J connectivity index is 2.44. The quantitative estimate of drug-likeness (QED) is 0.881. The summed E-state index contributed by atoms with van der Waals surface area (Å²) in [5.41, 5.74) is -0.993. The van der Waals surface area contributed by atoms with Crippen LogP contribution in [0, 0.1) is 0 Å². The van der Waals surface area contributed by atoms with Gasteiger partial charge in [0.15, 0.2) is 5.60 Å². The summed E-state index contributed by atoms with van der Waals surface area (Å²) in [6.07, 6.45) is 1.72. The van der Waals surface area contributed by atoms with Gasteiger partial charge in [0.05, 0.1) is 6.54 Å². The number of halogens is 1. The fraction of sp³-hybridized carbons (Fsp3) is 0.250. The fourth-order valence-corrected chi connectivity index (χ4v) is 1.96. The third-order valence-electron chi connectivity index (χ3n) is 2.70. The molecule has 5 heteroatoms. The summed E-state index contributed by atoms with van der Waals surface area (Å²) < 4.78 is 1.68. The second-order valence-corrected chi connectivity index (χ2v) is 4.60. The molecule has 1 atom stereocenters. The molecule has 90 valence electrons. The van der Waals surface area contributed by atoms with E-state index in [9.17, 15) is 9.90 Å². The predicted molar refractivity (Wildman–Crippen MR) is 65.2 cm³/mol. The Hall–Kier alpha value is -1.52. The standard InChI is InChI=1S/C12H12ClNO3/c1-12(17,11(15)16)7-14-6-5-8-9(13)3-2-4-10(8)14/h2-6,17H,7H2,1H3,(H,15,16). The van der Waals surface area contributed by atoms with Crippen molar-refractivity contribution in [3.05, 3.63) is 35.5 Å². The maximum atomic E-state index is 10.9. The number of aromatic nitrogens is 1. The summed E-state index contributed by atoms with van der Waals surface area (Å²) in [7, 11) is 0. The van der Waals surface area contributed by atoms with Crippen LogP contribution in [0.1, 0.15) is 6.92 Å². The summed E-state index contributed by atoms with van der Waals surface area (Å²) in [4.78, 5) is 10.9. The van der Waals surface area contributed by atoms with E-state index >= 15 is 0 Å². The van der Waals surface area contributed by atoms with Gasteiger partial charge in [-0.2, -0.15) is 0 Å². The largest absolute Gasteiger partial charge is 0.479 e. The molecule has 0 amide bonds. The molecule has 4 nitrogen and oxygen atoms in total. The minimum absolute atomic E-state index is 0.0217. The smallest absolute Gasteiger partial charge is 0.337 e. The molecule has 0 saturated carbocycles. The highest BCUT2D eigenvalue weighted by Crippen LogP contribution is 2.25. The van der Waals surface area contributed by atoms with E-state index in [1.54, 1.807) is 29.0 Å². The van der Waals surface area contributed by atoms with Crippen molar-refractivity contribution in [1.29, 1.82) is 0 Å². The summed E-state index contributed by atoms with van der Waals surface area (Å²) in [6.45, 7) is 1.25. The molecule has 0 saturated heterocycles.